The Balaban J connectivity index is 2.45. The Morgan fingerprint density at radius 3 is 2.68 bits per heavy atom. The van der Waals surface area contributed by atoms with Crippen molar-refractivity contribution in [1.29, 1.82) is 0 Å². The molecule has 0 aromatic carbocycles. The Morgan fingerprint density at radius 2 is 2.11 bits per heavy atom. The molecule has 0 atom stereocenters. The monoisotopic (exact) mass is 277 g/mol. The number of methoxy groups -OCH3 is 1. The van der Waals surface area contributed by atoms with Crippen molar-refractivity contribution < 1.29 is 9.53 Å². The minimum absolute atomic E-state index is 0.299. The smallest absolute Gasteiger partial charge is 0.317 e. The van der Waals surface area contributed by atoms with Crippen LogP contribution < -0.4 is 0 Å². The molecule has 0 amide bonds. The van der Waals surface area contributed by atoms with Gasteiger partial charge in [-0.1, -0.05) is 0 Å². The molecule has 0 fully saturated rings. The Labute approximate surface area is 115 Å². The van der Waals surface area contributed by atoms with Gasteiger partial charge in [-0.25, -0.2) is 4.98 Å². The van der Waals surface area contributed by atoms with E-state index in [9.17, 15) is 4.79 Å². The second-order valence-electron chi connectivity index (χ2n) is 4.63. The minimum atomic E-state index is -0.768. The fraction of sp³-hybridized carbons (Fsp3) is 0.385. The van der Waals surface area contributed by atoms with E-state index in [0.29, 0.717) is 5.69 Å². The van der Waals surface area contributed by atoms with Crippen LogP contribution in [0.1, 0.15) is 24.4 Å². The number of aryl methyl sites for hydroxylation is 1. The number of aromatic nitrogens is 3. The summed E-state index contributed by atoms with van der Waals surface area (Å²) in [6, 6.07) is 0. The van der Waals surface area contributed by atoms with Crippen molar-refractivity contribution in [1.82, 2.24) is 15.0 Å². The molecule has 0 saturated heterocycles. The van der Waals surface area contributed by atoms with Crippen molar-refractivity contribution in [2.45, 2.75) is 26.2 Å². The van der Waals surface area contributed by atoms with Crippen molar-refractivity contribution in [3.05, 3.63) is 29.2 Å². The fourth-order valence-corrected chi connectivity index (χ4v) is 2.88. The zero-order valence-electron chi connectivity index (χ0n) is 11.3. The third-order valence-corrected chi connectivity index (χ3v) is 3.86. The van der Waals surface area contributed by atoms with E-state index >= 15 is 0 Å². The number of hydrogen-bond acceptors (Lipinski definition) is 6. The van der Waals surface area contributed by atoms with Gasteiger partial charge in [0.1, 0.15) is 16.1 Å². The molecule has 0 aliphatic heterocycles. The molecular formula is C13H15N3O2S. The van der Waals surface area contributed by atoms with Gasteiger partial charge in [0.25, 0.3) is 0 Å². The second kappa shape index (κ2) is 5.05. The van der Waals surface area contributed by atoms with E-state index in [2.05, 4.69) is 15.0 Å². The van der Waals surface area contributed by atoms with E-state index in [1.165, 1.54) is 18.4 Å². The lowest BCUT2D eigenvalue weighted by molar-refractivity contribution is -0.146. The number of thiazole rings is 1. The summed E-state index contributed by atoms with van der Waals surface area (Å²) in [5.74, 6) is -0.299. The largest absolute Gasteiger partial charge is 0.468 e. The predicted octanol–water partition coefficient (Wildman–Crippen LogP) is 2.36. The SMILES string of the molecule is COC(=O)C(C)(C)c1nc(-c2cnccn2)sc1C. The molecule has 0 aliphatic carbocycles. The second-order valence-corrected chi connectivity index (χ2v) is 5.83. The third kappa shape index (κ3) is 2.49. The lowest BCUT2D eigenvalue weighted by atomic mass is 9.89. The lowest BCUT2D eigenvalue weighted by Crippen LogP contribution is -2.31. The number of carbonyl (C=O) groups excluding carboxylic acids is 1. The zero-order valence-corrected chi connectivity index (χ0v) is 12.1. The molecule has 0 aliphatic rings. The molecule has 0 N–H and O–H groups in total. The molecule has 0 unspecified atom stereocenters. The van der Waals surface area contributed by atoms with Gasteiger partial charge in [0.05, 0.1) is 19.0 Å². The number of carbonyl (C=O) groups is 1. The fourth-order valence-electron chi connectivity index (χ4n) is 1.85. The van der Waals surface area contributed by atoms with Crippen LogP contribution in [0.5, 0.6) is 0 Å². The van der Waals surface area contributed by atoms with Crippen LogP contribution in [0.15, 0.2) is 18.6 Å². The van der Waals surface area contributed by atoms with Gasteiger partial charge in [-0.05, 0) is 20.8 Å². The minimum Gasteiger partial charge on any atom is -0.468 e. The summed E-state index contributed by atoms with van der Waals surface area (Å²) in [4.78, 5) is 25.6. The highest BCUT2D eigenvalue weighted by Crippen LogP contribution is 2.33. The molecule has 0 saturated carbocycles. The standard InChI is InChI=1S/C13H15N3O2S/c1-8-10(13(2,3)12(17)18-4)16-11(19-8)9-7-14-5-6-15-9/h5-7H,1-4H3. The van der Waals surface area contributed by atoms with E-state index in [0.717, 1.165) is 15.6 Å². The first-order valence-corrected chi connectivity index (χ1v) is 6.61. The van der Waals surface area contributed by atoms with Gasteiger partial charge in [0.2, 0.25) is 0 Å². The Bertz CT molecular complexity index is 593. The number of nitrogens with zero attached hydrogens (tertiary/aromatic N) is 3. The predicted molar refractivity (Wildman–Crippen MR) is 72.9 cm³/mol. The topological polar surface area (TPSA) is 65.0 Å². The molecule has 19 heavy (non-hydrogen) atoms. The first kappa shape index (κ1) is 13.6. The van der Waals surface area contributed by atoms with Crippen LogP contribution in [-0.4, -0.2) is 28.0 Å². The number of rotatable bonds is 3. The van der Waals surface area contributed by atoms with Crippen molar-refractivity contribution in [3.63, 3.8) is 0 Å². The summed E-state index contributed by atoms with van der Waals surface area (Å²) in [5.41, 5.74) is 0.669. The van der Waals surface area contributed by atoms with Gasteiger partial charge in [0, 0.05) is 17.3 Å². The van der Waals surface area contributed by atoms with Gasteiger partial charge in [-0.2, -0.15) is 0 Å². The first-order valence-electron chi connectivity index (χ1n) is 5.79. The van der Waals surface area contributed by atoms with Gasteiger partial charge in [-0.15, -0.1) is 11.3 Å². The molecule has 2 aromatic rings. The van der Waals surface area contributed by atoms with Crippen LogP contribution in [0.2, 0.25) is 0 Å². The van der Waals surface area contributed by atoms with Crippen molar-refractivity contribution in [2.24, 2.45) is 0 Å². The van der Waals surface area contributed by atoms with Crippen molar-refractivity contribution >= 4 is 17.3 Å². The highest BCUT2D eigenvalue weighted by atomic mass is 32.1. The molecule has 2 rings (SSSR count). The summed E-state index contributed by atoms with van der Waals surface area (Å²) >= 11 is 1.50. The van der Waals surface area contributed by atoms with E-state index in [4.69, 9.17) is 4.74 Å². The van der Waals surface area contributed by atoms with Gasteiger partial charge < -0.3 is 4.74 Å². The number of esters is 1. The average Bonchev–Trinajstić information content (AvgIpc) is 2.81. The molecule has 0 bridgehead atoms. The summed E-state index contributed by atoms with van der Waals surface area (Å²) in [7, 11) is 1.38. The quantitative estimate of drug-likeness (QED) is 0.806. The maximum absolute atomic E-state index is 11.8. The van der Waals surface area contributed by atoms with Crippen LogP contribution in [-0.2, 0) is 14.9 Å². The van der Waals surface area contributed by atoms with Crippen LogP contribution in [0, 0.1) is 6.92 Å². The van der Waals surface area contributed by atoms with Crippen LogP contribution in [0.4, 0.5) is 0 Å². The molecule has 5 nitrogen and oxygen atoms in total. The Kier molecular flexibility index (Phi) is 3.61. The zero-order chi connectivity index (χ0) is 14.0. The molecule has 2 heterocycles. The van der Waals surface area contributed by atoms with E-state index in [1.54, 1.807) is 32.4 Å². The first-order chi connectivity index (χ1) is 8.96. The van der Waals surface area contributed by atoms with E-state index < -0.39 is 5.41 Å². The number of hydrogen-bond donors (Lipinski definition) is 0. The summed E-state index contributed by atoms with van der Waals surface area (Å²) in [5, 5.41) is 0.762. The van der Waals surface area contributed by atoms with Gasteiger partial charge in [-0.3, -0.25) is 14.8 Å². The van der Waals surface area contributed by atoms with Crippen LogP contribution in [0.3, 0.4) is 0 Å². The molecular weight excluding hydrogens is 262 g/mol. The van der Waals surface area contributed by atoms with E-state index in [-0.39, 0.29) is 5.97 Å². The van der Waals surface area contributed by atoms with Gasteiger partial charge in [0.15, 0.2) is 0 Å². The molecule has 100 valence electrons. The molecule has 6 heteroatoms. The van der Waals surface area contributed by atoms with Crippen LogP contribution >= 0.6 is 11.3 Å². The highest BCUT2D eigenvalue weighted by Gasteiger charge is 2.35. The maximum atomic E-state index is 11.8. The van der Waals surface area contributed by atoms with Crippen molar-refractivity contribution in [2.75, 3.05) is 7.11 Å². The van der Waals surface area contributed by atoms with E-state index in [1.807, 2.05) is 6.92 Å². The number of ether oxygens (including phenoxy) is 1. The average molecular weight is 277 g/mol. The Morgan fingerprint density at radius 1 is 1.37 bits per heavy atom. The normalized spacial score (nSPS) is 11.4. The van der Waals surface area contributed by atoms with Crippen LogP contribution in [0.25, 0.3) is 10.7 Å². The summed E-state index contributed by atoms with van der Waals surface area (Å²) < 4.78 is 4.84. The summed E-state index contributed by atoms with van der Waals surface area (Å²) in [6.07, 6.45) is 4.90. The van der Waals surface area contributed by atoms with Crippen molar-refractivity contribution in [3.8, 4) is 10.7 Å². The Hall–Kier alpha value is -1.82. The highest BCUT2D eigenvalue weighted by molar-refractivity contribution is 7.15. The maximum Gasteiger partial charge on any atom is 0.317 e. The third-order valence-electron chi connectivity index (χ3n) is 2.87. The molecule has 2 aromatic heterocycles. The molecule has 0 radical (unpaired) electrons. The lowest BCUT2D eigenvalue weighted by Gasteiger charge is -2.19. The molecule has 0 spiro atoms. The summed E-state index contributed by atoms with van der Waals surface area (Å²) in [6.45, 7) is 5.56. The van der Waals surface area contributed by atoms with Gasteiger partial charge >= 0.3 is 5.97 Å².